The van der Waals surface area contributed by atoms with Gasteiger partial charge >= 0.3 is 5.69 Å². The lowest BCUT2D eigenvalue weighted by atomic mass is 10.2. The van der Waals surface area contributed by atoms with Crippen LogP contribution in [-0.2, 0) is 4.79 Å². The standard InChI is InChI=1S/C15H13N3O5/c19-14-8-11(6-7-13(14)18(21)22)9-16-17-15(20)10-23-12-4-2-1-3-5-12/h1-9,19H,10H2,(H,17,20). The minimum Gasteiger partial charge on any atom is -0.502 e. The Morgan fingerprint density at radius 2 is 2.04 bits per heavy atom. The molecule has 0 aliphatic heterocycles. The molecule has 2 aromatic carbocycles. The van der Waals surface area contributed by atoms with Gasteiger partial charge in [-0.15, -0.1) is 0 Å². The number of hydrogen-bond acceptors (Lipinski definition) is 6. The fourth-order valence-electron chi connectivity index (χ4n) is 1.65. The zero-order valence-electron chi connectivity index (χ0n) is 11.9. The summed E-state index contributed by atoms with van der Waals surface area (Å²) in [4.78, 5) is 21.4. The number of phenols is 1. The molecule has 118 valence electrons. The van der Waals surface area contributed by atoms with Crippen LogP contribution in [0.1, 0.15) is 5.56 Å². The number of nitrogens with zero attached hydrogens (tertiary/aromatic N) is 2. The number of nitrogens with one attached hydrogen (secondary N) is 1. The zero-order valence-corrected chi connectivity index (χ0v) is 11.9. The molecular weight excluding hydrogens is 302 g/mol. The molecule has 0 saturated heterocycles. The average molecular weight is 315 g/mol. The number of amides is 1. The van der Waals surface area contributed by atoms with Crippen LogP contribution in [0, 0.1) is 10.1 Å². The van der Waals surface area contributed by atoms with Crippen molar-refractivity contribution in [3.8, 4) is 11.5 Å². The highest BCUT2D eigenvalue weighted by molar-refractivity contribution is 5.83. The van der Waals surface area contributed by atoms with Crippen LogP contribution in [0.3, 0.4) is 0 Å². The van der Waals surface area contributed by atoms with Crippen molar-refractivity contribution in [2.45, 2.75) is 0 Å². The van der Waals surface area contributed by atoms with E-state index in [-0.39, 0.29) is 6.61 Å². The number of ether oxygens (including phenoxy) is 1. The first-order valence-corrected chi connectivity index (χ1v) is 6.53. The molecule has 0 aliphatic carbocycles. The monoisotopic (exact) mass is 315 g/mol. The number of rotatable bonds is 6. The summed E-state index contributed by atoms with van der Waals surface area (Å²) in [5.41, 5.74) is 2.25. The van der Waals surface area contributed by atoms with Gasteiger partial charge in [0.05, 0.1) is 11.1 Å². The van der Waals surface area contributed by atoms with Crippen LogP contribution in [0.2, 0.25) is 0 Å². The van der Waals surface area contributed by atoms with Crippen molar-refractivity contribution >= 4 is 17.8 Å². The predicted octanol–water partition coefficient (Wildman–Crippen LogP) is 1.83. The first-order chi connectivity index (χ1) is 11.1. The summed E-state index contributed by atoms with van der Waals surface area (Å²) >= 11 is 0. The van der Waals surface area contributed by atoms with E-state index in [9.17, 15) is 20.0 Å². The number of hydrazone groups is 1. The number of hydrogen-bond donors (Lipinski definition) is 2. The lowest BCUT2D eigenvalue weighted by Crippen LogP contribution is -2.24. The van der Waals surface area contributed by atoms with Gasteiger partial charge < -0.3 is 9.84 Å². The van der Waals surface area contributed by atoms with E-state index in [4.69, 9.17) is 4.74 Å². The largest absolute Gasteiger partial charge is 0.502 e. The number of carbonyl (C=O) groups excluding carboxylic acids is 1. The number of nitro benzene ring substituents is 1. The van der Waals surface area contributed by atoms with Crippen molar-refractivity contribution in [1.29, 1.82) is 0 Å². The molecule has 0 atom stereocenters. The highest BCUT2D eigenvalue weighted by Crippen LogP contribution is 2.25. The van der Waals surface area contributed by atoms with Crippen LogP contribution < -0.4 is 10.2 Å². The Hall–Kier alpha value is -3.42. The molecule has 1 amide bonds. The maximum Gasteiger partial charge on any atom is 0.310 e. The Morgan fingerprint density at radius 3 is 2.70 bits per heavy atom. The van der Waals surface area contributed by atoms with Gasteiger partial charge in [-0.25, -0.2) is 5.43 Å². The number of nitro groups is 1. The fraction of sp³-hybridized carbons (Fsp3) is 0.0667. The van der Waals surface area contributed by atoms with Crippen LogP contribution in [-0.4, -0.2) is 28.8 Å². The van der Waals surface area contributed by atoms with Gasteiger partial charge in [0.2, 0.25) is 0 Å². The topological polar surface area (TPSA) is 114 Å². The molecule has 0 heterocycles. The SMILES string of the molecule is O=C(COc1ccccc1)NN=Cc1ccc([N+](=O)[O-])c(O)c1. The Bertz CT molecular complexity index is 731. The summed E-state index contributed by atoms with van der Waals surface area (Å²) < 4.78 is 5.23. The van der Waals surface area contributed by atoms with Crippen LogP contribution >= 0.6 is 0 Å². The van der Waals surface area contributed by atoms with Gasteiger partial charge in [0.25, 0.3) is 5.91 Å². The second kappa shape index (κ2) is 7.55. The van der Waals surface area contributed by atoms with E-state index in [0.29, 0.717) is 11.3 Å². The molecule has 2 rings (SSSR count). The summed E-state index contributed by atoms with van der Waals surface area (Å²) in [6, 6.07) is 12.6. The second-order valence-corrected chi connectivity index (χ2v) is 4.40. The maximum atomic E-state index is 11.5. The number of carbonyl (C=O) groups is 1. The molecule has 0 saturated carbocycles. The molecule has 0 radical (unpaired) electrons. The lowest BCUT2D eigenvalue weighted by Gasteiger charge is -2.04. The van der Waals surface area contributed by atoms with E-state index in [1.165, 1.54) is 18.3 Å². The zero-order chi connectivity index (χ0) is 16.7. The summed E-state index contributed by atoms with van der Waals surface area (Å²) in [7, 11) is 0. The van der Waals surface area contributed by atoms with Crippen LogP contribution in [0.25, 0.3) is 0 Å². The van der Waals surface area contributed by atoms with Gasteiger partial charge in [-0.05, 0) is 29.8 Å². The van der Waals surface area contributed by atoms with Gasteiger partial charge in [-0.2, -0.15) is 5.10 Å². The molecule has 23 heavy (non-hydrogen) atoms. The number of benzene rings is 2. The predicted molar refractivity (Wildman–Crippen MR) is 82.4 cm³/mol. The molecule has 8 heteroatoms. The average Bonchev–Trinajstić information content (AvgIpc) is 2.53. The minimum atomic E-state index is -0.695. The molecule has 0 spiro atoms. The molecule has 0 unspecified atom stereocenters. The molecular formula is C15H13N3O5. The number of aromatic hydroxyl groups is 1. The minimum absolute atomic E-state index is 0.202. The van der Waals surface area contributed by atoms with E-state index in [1.54, 1.807) is 24.3 Å². The third-order valence-electron chi connectivity index (χ3n) is 2.71. The molecule has 0 fully saturated rings. The van der Waals surface area contributed by atoms with E-state index in [1.807, 2.05) is 6.07 Å². The molecule has 0 aromatic heterocycles. The normalized spacial score (nSPS) is 10.4. The van der Waals surface area contributed by atoms with Crippen molar-refractivity contribution < 1.29 is 19.6 Å². The fourth-order valence-corrected chi connectivity index (χ4v) is 1.65. The third-order valence-corrected chi connectivity index (χ3v) is 2.71. The third kappa shape index (κ3) is 4.81. The lowest BCUT2D eigenvalue weighted by molar-refractivity contribution is -0.385. The van der Waals surface area contributed by atoms with Gasteiger partial charge in [0.1, 0.15) is 5.75 Å². The highest BCUT2D eigenvalue weighted by Gasteiger charge is 2.12. The van der Waals surface area contributed by atoms with Gasteiger partial charge in [-0.3, -0.25) is 14.9 Å². The van der Waals surface area contributed by atoms with Crippen molar-refractivity contribution in [2.24, 2.45) is 5.10 Å². The van der Waals surface area contributed by atoms with Gasteiger partial charge in [0.15, 0.2) is 12.4 Å². The van der Waals surface area contributed by atoms with Gasteiger partial charge in [0, 0.05) is 6.07 Å². The van der Waals surface area contributed by atoms with E-state index < -0.39 is 22.3 Å². The van der Waals surface area contributed by atoms with Crippen LogP contribution in [0.5, 0.6) is 11.5 Å². The van der Waals surface area contributed by atoms with Crippen molar-refractivity contribution in [3.63, 3.8) is 0 Å². The van der Waals surface area contributed by atoms with E-state index in [2.05, 4.69) is 10.5 Å². The Morgan fingerprint density at radius 1 is 1.30 bits per heavy atom. The van der Waals surface area contributed by atoms with Crippen molar-refractivity contribution in [2.75, 3.05) is 6.61 Å². The number of para-hydroxylation sites is 1. The Balaban J connectivity index is 1.85. The summed E-state index contributed by atoms with van der Waals surface area (Å²) in [6.07, 6.45) is 1.25. The molecule has 2 N–H and O–H groups in total. The molecule has 0 aliphatic rings. The van der Waals surface area contributed by atoms with Crippen molar-refractivity contribution in [3.05, 3.63) is 64.2 Å². The molecule has 2 aromatic rings. The highest BCUT2D eigenvalue weighted by atomic mass is 16.6. The summed E-state index contributed by atoms with van der Waals surface area (Å²) in [5, 5.41) is 23.7. The first-order valence-electron chi connectivity index (χ1n) is 6.53. The maximum absolute atomic E-state index is 11.5. The summed E-state index contributed by atoms with van der Waals surface area (Å²) in [5.74, 6) is -0.374. The summed E-state index contributed by atoms with van der Waals surface area (Å²) in [6.45, 7) is -0.202. The quantitative estimate of drug-likeness (QED) is 0.479. The second-order valence-electron chi connectivity index (χ2n) is 4.40. The van der Waals surface area contributed by atoms with E-state index >= 15 is 0 Å². The molecule has 0 bridgehead atoms. The molecule has 8 nitrogen and oxygen atoms in total. The van der Waals surface area contributed by atoms with Crippen molar-refractivity contribution in [1.82, 2.24) is 5.43 Å². The van der Waals surface area contributed by atoms with Gasteiger partial charge in [-0.1, -0.05) is 18.2 Å². The van der Waals surface area contributed by atoms with Crippen LogP contribution in [0.4, 0.5) is 5.69 Å². The van der Waals surface area contributed by atoms with E-state index in [0.717, 1.165) is 6.07 Å². The Labute approximate surface area is 131 Å². The smallest absolute Gasteiger partial charge is 0.310 e. The Kier molecular flexibility index (Phi) is 5.24. The van der Waals surface area contributed by atoms with Crippen LogP contribution in [0.15, 0.2) is 53.6 Å². The first kappa shape index (κ1) is 16.0. The number of phenolic OH excluding ortho intramolecular Hbond substituents is 1.